The third kappa shape index (κ3) is 8.07. The van der Waals surface area contributed by atoms with E-state index < -0.39 is 16.9 Å². The van der Waals surface area contributed by atoms with Gasteiger partial charge >= 0.3 is 8.80 Å². The molecule has 0 N–H and O–H groups in total. The van der Waals surface area contributed by atoms with Crippen LogP contribution in [-0.4, -0.2) is 36.7 Å². The normalized spacial score (nSPS) is 12.6. The SMILES string of the molecule is CCO[Si](CCc1ccc(CC[Si](C)(C)C)cc1)(OCC)OCC. The van der Waals surface area contributed by atoms with Crippen LogP contribution in [0.15, 0.2) is 24.3 Å². The van der Waals surface area contributed by atoms with E-state index >= 15 is 0 Å². The Labute approximate surface area is 151 Å². The highest BCUT2D eigenvalue weighted by Crippen LogP contribution is 2.20. The van der Waals surface area contributed by atoms with Gasteiger partial charge in [0.2, 0.25) is 0 Å². The van der Waals surface area contributed by atoms with Crippen molar-refractivity contribution < 1.29 is 13.3 Å². The summed E-state index contributed by atoms with van der Waals surface area (Å²) >= 11 is 0. The fourth-order valence-corrected chi connectivity index (χ4v) is 6.33. The molecule has 0 heterocycles. The van der Waals surface area contributed by atoms with E-state index in [-0.39, 0.29) is 0 Å². The molecular weight excluding hydrogens is 332 g/mol. The summed E-state index contributed by atoms with van der Waals surface area (Å²) in [6.07, 6.45) is 2.14. The zero-order valence-corrected chi connectivity index (χ0v) is 18.5. The van der Waals surface area contributed by atoms with Gasteiger partial charge in [-0.2, -0.15) is 0 Å². The summed E-state index contributed by atoms with van der Waals surface area (Å²) in [5.41, 5.74) is 2.78. The molecule has 1 rings (SSSR count). The Morgan fingerprint density at radius 3 is 1.38 bits per heavy atom. The van der Waals surface area contributed by atoms with Gasteiger partial charge in [-0.3, -0.25) is 0 Å². The molecule has 1 aromatic carbocycles. The summed E-state index contributed by atoms with van der Waals surface area (Å²) in [6.45, 7) is 15.2. The smallest absolute Gasteiger partial charge is 0.374 e. The summed E-state index contributed by atoms with van der Waals surface area (Å²) in [5, 5.41) is 0. The minimum Gasteiger partial charge on any atom is -0.374 e. The van der Waals surface area contributed by atoms with Crippen molar-refractivity contribution >= 4 is 16.9 Å². The van der Waals surface area contributed by atoms with Crippen LogP contribution in [0.2, 0.25) is 31.7 Å². The van der Waals surface area contributed by atoms with Crippen molar-refractivity contribution in [3.8, 4) is 0 Å². The number of hydrogen-bond donors (Lipinski definition) is 0. The van der Waals surface area contributed by atoms with Crippen LogP contribution in [0.1, 0.15) is 31.9 Å². The average molecular weight is 369 g/mol. The molecular formula is C19H36O3Si2. The molecule has 0 amide bonds. The van der Waals surface area contributed by atoms with Crippen LogP contribution in [0.25, 0.3) is 0 Å². The van der Waals surface area contributed by atoms with E-state index in [4.69, 9.17) is 13.3 Å². The van der Waals surface area contributed by atoms with Gasteiger partial charge < -0.3 is 13.3 Å². The van der Waals surface area contributed by atoms with E-state index in [0.29, 0.717) is 19.8 Å². The van der Waals surface area contributed by atoms with Crippen LogP contribution in [0.3, 0.4) is 0 Å². The van der Waals surface area contributed by atoms with Crippen molar-refractivity contribution in [1.82, 2.24) is 0 Å². The van der Waals surface area contributed by atoms with Crippen LogP contribution >= 0.6 is 0 Å². The number of aryl methyl sites for hydroxylation is 2. The molecule has 5 heteroatoms. The molecule has 0 atom stereocenters. The molecule has 3 nitrogen and oxygen atoms in total. The highest BCUT2D eigenvalue weighted by molar-refractivity contribution is 6.76. The number of benzene rings is 1. The van der Waals surface area contributed by atoms with E-state index in [1.54, 1.807) is 0 Å². The Balaban J connectivity index is 2.63. The van der Waals surface area contributed by atoms with E-state index in [1.165, 1.54) is 23.6 Å². The highest BCUT2D eigenvalue weighted by Gasteiger charge is 2.39. The van der Waals surface area contributed by atoms with Gasteiger partial charge in [-0.1, -0.05) is 50.0 Å². The molecule has 138 valence electrons. The monoisotopic (exact) mass is 368 g/mol. The summed E-state index contributed by atoms with van der Waals surface area (Å²) in [6, 6.07) is 11.3. The van der Waals surface area contributed by atoms with Gasteiger partial charge in [-0.25, -0.2) is 0 Å². The zero-order chi connectivity index (χ0) is 18.1. The van der Waals surface area contributed by atoms with E-state index in [2.05, 4.69) is 43.9 Å². The molecule has 0 bridgehead atoms. The van der Waals surface area contributed by atoms with E-state index in [1.807, 2.05) is 20.8 Å². The minimum atomic E-state index is -2.53. The van der Waals surface area contributed by atoms with E-state index in [9.17, 15) is 0 Å². The molecule has 1 aromatic rings. The molecule has 0 aromatic heterocycles. The van der Waals surface area contributed by atoms with Crippen LogP contribution in [-0.2, 0) is 26.1 Å². The van der Waals surface area contributed by atoms with Crippen molar-refractivity contribution in [2.45, 2.75) is 65.3 Å². The second kappa shape index (κ2) is 10.5. The van der Waals surface area contributed by atoms with E-state index in [0.717, 1.165) is 12.5 Å². The van der Waals surface area contributed by atoms with Gasteiger partial charge in [0.25, 0.3) is 0 Å². The first-order valence-electron chi connectivity index (χ1n) is 9.34. The van der Waals surface area contributed by atoms with Crippen molar-refractivity contribution in [3.63, 3.8) is 0 Å². The highest BCUT2D eigenvalue weighted by atomic mass is 28.4. The molecule has 24 heavy (non-hydrogen) atoms. The average Bonchev–Trinajstić information content (AvgIpc) is 2.52. The molecule has 0 aliphatic heterocycles. The maximum atomic E-state index is 5.93. The molecule has 0 unspecified atom stereocenters. The van der Waals surface area contributed by atoms with Crippen molar-refractivity contribution in [3.05, 3.63) is 35.4 Å². The Bertz CT molecular complexity index is 438. The maximum Gasteiger partial charge on any atom is 0.501 e. The van der Waals surface area contributed by atoms with Crippen LogP contribution in [0, 0.1) is 0 Å². The molecule has 0 spiro atoms. The number of rotatable bonds is 12. The summed E-state index contributed by atoms with van der Waals surface area (Å²) in [7, 11) is -3.49. The van der Waals surface area contributed by atoms with Gasteiger partial charge in [0.05, 0.1) is 0 Å². The topological polar surface area (TPSA) is 27.7 Å². The first kappa shape index (κ1) is 21.6. The third-order valence-electron chi connectivity index (χ3n) is 4.00. The first-order valence-corrected chi connectivity index (χ1v) is 15.0. The van der Waals surface area contributed by atoms with Gasteiger partial charge in [0, 0.05) is 33.9 Å². The van der Waals surface area contributed by atoms with Crippen LogP contribution in [0.5, 0.6) is 0 Å². The predicted octanol–water partition coefficient (Wildman–Crippen LogP) is 5.16. The Morgan fingerprint density at radius 2 is 1.04 bits per heavy atom. The molecule has 0 radical (unpaired) electrons. The van der Waals surface area contributed by atoms with Gasteiger partial charge in [0.1, 0.15) is 0 Å². The molecule has 0 saturated carbocycles. The summed E-state index contributed by atoms with van der Waals surface area (Å²) in [5.74, 6) is 0. The lowest BCUT2D eigenvalue weighted by Gasteiger charge is -2.28. The van der Waals surface area contributed by atoms with Gasteiger partial charge in [-0.15, -0.1) is 0 Å². The van der Waals surface area contributed by atoms with Gasteiger partial charge in [-0.05, 0) is 44.7 Å². The minimum absolute atomic E-state index is 0.641. The van der Waals surface area contributed by atoms with Crippen molar-refractivity contribution in [1.29, 1.82) is 0 Å². The molecule has 0 aliphatic rings. The zero-order valence-electron chi connectivity index (χ0n) is 16.5. The lowest BCUT2D eigenvalue weighted by molar-refractivity contribution is 0.0714. The standard InChI is InChI=1S/C19H36O3Si2/c1-7-20-24(21-8-2,22-9-3)17-15-19-12-10-18(11-13-19)14-16-23(4,5)6/h10-13H,7-9,14-17H2,1-6H3. The summed E-state index contributed by atoms with van der Waals surface area (Å²) < 4.78 is 17.8. The second-order valence-electron chi connectivity index (χ2n) is 7.36. The Kier molecular flexibility index (Phi) is 9.45. The van der Waals surface area contributed by atoms with Crippen molar-refractivity contribution in [2.24, 2.45) is 0 Å². The quantitative estimate of drug-likeness (QED) is 0.477. The largest absolute Gasteiger partial charge is 0.501 e. The Morgan fingerprint density at radius 1 is 0.667 bits per heavy atom. The third-order valence-corrected chi connectivity index (χ3v) is 8.80. The molecule has 0 saturated heterocycles. The van der Waals surface area contributed by atoms with Crippen LogP contribution < -0.4 is 0 Å². The first-order chi connectivity index (χ1) is 11.3. The van der Waals surface area contributed by atoms with Crippen molar-refractivity contribution in [2.75, 3.05) is 19.8 Å². The fourth-order valence-electron chi connectivity index (χ4n) is 2.69. The molecule has 0 aliphatic carbocycles. The van der Waals surface area contributed by atoms with Crippen LogP contribution in [0.4, 0.5) is 0 Å². The maximum absolute atomic E-state index is 5.93. The number of hydrogen-bond acceptors (Lipinski definition) is 3. The molecule has 0 fully saturated rings. The summed E-state index contributed by atoms with van der Waals surface area (Å²) in [4.78, 5) is 0. The second-order valence-corrected chi connectivity index (χ2v) is 15.7. The fraction of sp³-hybridized carbons (Fsp3) is 0.684. The lowest BCUT2D eigenvalue weighted by atomic mass is 10.1. The predicted molar refractivity (Wildman–Crippen MR) is 107 cm³/mol. The Hall–Kier alpha value is -0.466. The van der Waals surface area contributed by atoms with Gasteiger partial charge in [0.15, 0.2) is 0 Å². The lowest BCUT2D eigenvalue weighted by Crippen LogP contribution is -2.46.